The van der Waals surface area contributed by atoms with Crippen molar-refractivity contribution in [2.45, 2.75) is 46.6 Å². The summed E-state index contributed by atoms with van der Waals surface area (Å²) in [6, 6.07) is 0. The van der Waals surface area contributed by atoms with Gasteiger partial charge in [-0.05, 0) is 32.4 Å². The van der Waals surface area contributed by atoms with Gasteiger partial charge in [-0.15, -0.1) is 0 Å². The van der Waals surface area contributed by atoms with Crippen molar-refractivity contribution in [1.29, 1.82) is 0 Å². The Balaban J connectivity index is 4.49. The molecule has 1 amide bonds. The van der Waals surface area contributed by atoms with Crippen molar-refractivity contribution in [2.75, 3.05) is 26.7 Å². The molecule has 0 aromatic rings. The molecular formula is C13H29N3O. The lowest BCUT2D eigenvalue weighted by atomic mass is 9.94. The highest BCUT2D eigenvalue weighted by molar-refractivity contribution is 5.84. The zero-order valence-corrected chi connectivity index (χ0v) is 12.3. The van der Waals surface area contributed by atoms with Gasteiger partial charge in [0.25, 0.3) is 0 Å². The molecule has 1 unspecified atom stereocenters. The summed E-state index contributed by atoms with van der Waals surface area (Å²) in [5.74, 6) is -0.285. The third-order valence-corrected chi connectivity index (χ3v) is 2.64. The molecule has 3 N–H and O–H groups in total. The minimum absolute atomic E-state index is 0.220. The van der Waals surface area contributed by atoms with Crippen molar-refractivity contribution in [3.63, 3.8) is 0 Å². The maximum atomic E-state index is 11.6. The standard InChI is InChI=1S/C13H29N3O/c1-7-8-15-13(5,11(14)17)10-16(6)9-12(2,3)4/h15H,7-10H2,1-6H3,(H2,14,17). The quantitative estimate of drug-likeness (QED) is 0.706. The van der Waals surface area contributed by atoms with E-state index in [4.69, 9.17) is 5.73 Å². The minimum atomic E-state index is -0.643. The van der Waals surface area contributed by atoms with Gasteiger partial charge in [0.15, 0.2) is 0 Å². The summed E-state index contributed by atoms with van der Waals surface area (Å²) in [6.45, 7) is 12.9. The fourth-order valence-electron chi connectivity index (χ4n) is 2.03. The van der Waals surface area contributed by atoms with Crippen LogP contribution in [0.2, 0.25) is 0 Å². The Morgan fingerprint density at radius 2 is 1.76 bits per heavy atom. The molecule has 17 heavy (non-hydrogen) atoms. The van der Waals surface area contributed by atoms with Gasteiger partial charge in [-0.1, -0.05) is 27.7 Å². The predicted molar refractivity (Wildman–Crippen MR) is 72.8 cm³/mol. The fraction of sp³-hybridized carbons (Fsp3) is 0.923. The van der Waals surface area contributed by atoms with Gasteiger partial charge in [0, 0.05) is 13.1 Å². The molecule has 0 aliphatic rings. The van der Waals surface area contributed by atoms with Crippen LogP contribution in [-0.4, -0.2) is 43.0 Å². The van der Waals surface area contributed by atoms with Crippen molar-refractivity contribution in [3.05, 3.63) is 0 Å². The van der Waals surface area contributed by atoms with E-state index in [2.05, 4.69) is 37.9 Å². The van der Waals surface area contributed by atoms with Gasteiger partial charge < -0.3 is 16.0 Å². The number of likely N-dealkylation sites (N-methyl/N-ethyl adjacent to an activating group) is 1. The molecule has 0 saturated carbocycles. The maximum absolute atomic E-state index is 11.6. The monoisotopic (exact) mass is 243 g/mol. The first kappa shape index (κ1) is 16.4. The Morgan fingerprint density at radius 3 is 2.12 bits per heavy atom. The second-order valence-corrected chi connectivity index (χ2v) is 6.36. The van der Waals surface area contributed by atoms with Gasteiger partial charge in [-0.25, -0.2) is 0 Å². The maximum Gasteiger partial charge on any atom is 0.238 e. The zero-order valence-electron chi connectivity index (χ0n) is 12.3. The molecule has 0 rings (SSSR count). The predicted octanol–water partition coefficient (Wildman–Crippen LogP) is 1.21. The number of rotatable bonds is 7. The molecule has 0 aliphatic carbocycles. The van der Waals surface area contributed by atoms with E-state index in [1.165, 1.54) is 0 Å². The lowest BCUT2D eigenvalue weighted by Crippen LogP contribution is -2.59. The summed E-state index contributed by atoms with van der Waals surface area (Å²) in [6.07, 6.45) is 0.992. The highest BCUT2D eigenvalue weighted by Crippen LogP contribution is 2.16. The van der Waals surface area contributed by atoms with Crippen molar-refractivity contribution in [1.82, 2.24) is 10.2 Å². The van der Waals surface area contributed by atoms with Crippen molar-refractivity contribution >= 4 is 5.91 Å². The fourth-order valence-corrected chi connectivity index (χ4v) is 2.03. The topological polar surface area (TPSA) is 58.4 Å². The number of carbonyl (C=O) groups is 1. The number of hydrogen-bond donors (Lipinski definition) is 2. The molecule has 102 valence electrons. The Morgan fingerprint density at radius 1 is 1.24 bits per heavy atom. The van der Waals surface area contributed by atoms with Crippen LogP contribution < -0.4 is 11.1 Å². The third-order valence-electron chi connectivity index (χ3n) is 2.64. The van der Waals surface area contributed by atoms with Crippen LogP contribution in [0.3, 0.4) is 0 Å². The van der Waals surface area contributed by atoms with Gasteiger partial charge in [0.2, 0.25) is 5.91 Å². The molecule has 0 bridgehead atoms. The lowest BCUT2D eigenvalue weighted by Gasteiger charge is -2.35. The van der Waals surface area contributed by atoms with Crippen molar-refractivity contribution in [2.24, 2.45) is 11.1 Å². The van der Waals surface area contributed by atoms with Crippen LogP contribution in [0.15, 0.2) is 0 Å². The van der Waals surface area contributed by atoms with Crippen LogP contribution in [0.25, 0.3) is 0 Å². The van der Waals surface area contributed by atoms with E-state index in [1.54, 1.807) is 0 Å². The number of nitrogens with zero attached hydrogens (tertiary/aromatic N) is 1. The lowest BCUT2D eigenvalue weighted by molar-refractivity contribution is -0.124. The van der Waals surface area contributed by atoms with Crippen LogP contribution in [0.4, 0.5) is 0 Å². The van der Waals surface area contributed by atoms with Crippen LogP contribution in [0.5, 0.6) is 0 Å². The average Bonchev–Trinajstić information content (AvgIpc) is 2.11. The Labute approximate surface area is 106 Å². The summed E-state index contributed by atoms with van der Waals surface area (Å²) in [5.41, 5.74) is 5.07. The van der Waals surface area contributed by atoms with Crippen molar-refractivity contribution in [3.8, 4) is 0 Å². The second kappa shape index (κ2) is 6.36. The number of primary amides is 1. The molecular weight excluding hydrogens is 214 g/mol. The zero-order chi connectivity index (χ0) is 13.7. The molecule has 0 heterocycles. The first-order valence-electron chi connectivity index (χ1n) is 6.34. The Kier molecular flexibility index (Phi) is 6.13. The summed E-state index contributed by atoms with van der Waals surface area (Å²) in [7, 11) is 2.03. The average molecular weight is 243 g/mol. The van der Waals surface area contributed by atoms with E-state index in [-0.39, 0.29) is 11.3 Å². The molecule has 0 spiro atoms. The molecule has 0 saturated heterocycles. The van der Waals surface area contributed by atoms with Crippen LogP contribution in [-0.2, 0) is 4.79 Å². The molecule has 4 nitrogen and oxygen atoms in total. The summed E-state index contributed by atoms with van der Waals surface area (Å²) >= 11 is 0. The molecule has 0 aromatic carbocycles. The smallest absolute Gasteiger partial charge is 0.238 e. The molecule has 0 radical (unpaired) electrons. The normalized spacial score (nSPS) is 15.9. The Hall–Kier alpha value is -0.610. The van der Waals surface area contributed by atoms with Crippen LogP contribution in [0, 0.1) is 5.41 Å². The number of nitrogens with one attached hydrogen (secondary N) is 1. The van der Waals surface area contributed by atoms with Gasteiger partial charge in [0.05, 0.1) is 0 Å². The van der Waals surface area contributed by atoms with E-state index in [0.29, 0.717) is 6.54 Å². The van der Waals surface area contributed by atoms with Gasteiger partial charge in [0.1, 0.15) is 5.54 Å². The SMILES string of the molecule is CCCNC(C)(CN(C)CC(C)(C)C)C(N)=O. The van der Waals surface area contributed by atoms with E-state index in [1.807, 2.05) is 14.0 Å². The van der Waals surface area contributed by atoms with Gasteiger partial charge in [-0.2, -0.15) is 0 Å². The van der Waals surface area contributed by atoms with Gasteiger partial charge >= 0.3 is 0 Å². The first-order valence-corrected chi connectivity index (χ1v) is 6.34. The van der Waals surface area contributed by atoms with E-state index < -0.39 is 5.54 Å². The van der Waals surface area contributed by atoms with Crippen molar-refractivity contribution < 1.29 is 4.79 Å². The number of hydrogen-bond acceptors (Lipinski definition) is 3. The number of amides is 1. The van der Waals surface area contributed by atoms with Crippen LogP contribution in [0.1, 0.15) is 41.0 Å². The summed E-state index contributed by atoms with van der Waals surface area (Å²) in [4.78, 5) is 13.7. The minimum Gasteiger partial charge on any atom is -0.368 e. The van der Waals surface area contributed by atoms with Crippen LogP contribution >= 0.6 is 0 Å². The summed E-state index contributed by atoms with van der Waals surface area (Å²) < 4.78 is 0. The van der Waals surface area contributed by atoms with E-state index >= 15 is 0 Å². The second-order valence-electron chi connectivity index (χ2n) is 6.36. The molecule has 4 heteroatoms. The largest absolute Gasteiger partial charge is 0.368 e. The third kappa shape index (κ3) is 6.64. The highest BCUT2D eigenvalue weighted by Gasteiger charge is 2.32. The summed E-state index contributed by atoms with van der Waals surface area (Å²) in [5, 5.41) is 3.25. The molecule has 0 aliphatic heterocycles. The van der Waals surface area contributed by atoms with E-state index in [9.17, 15) is 4.79 Å². The number of carbonyl (C=O) groups excluding carboxylic acids is 1. The number of nitrogens with two attached hydrogens (primary N) is 1. The van der Waals surface area contributed by atoms with E-state index in [0.717, 1.165) is 19.5 Å². The molecule has 0 fully saturated rings. The van der Waals surface area contributed by atoms with Gasteiger partial charge in [-0.3, -0.25) is 4.79 Å². The molecule has 1 atom stereocenters. The molecule has 0 aromatic heterocycles. The Bertz CT molecular complexity index is 248. The highest BCUT2D eigenvalue weighted by atomic mass is 16.1. The first-order chi connectivity index (χ1) is 7.60.